The summed E-state index contributed by atoms with van der Waals surface area (Å²) < 4.78 is 2.21. The highest BCUT2D eigenvalue weighted by Crippen LogP contribution is 2.31. The van der Waals surface area contributed by atoms with Gasteiger partial charge in [-0.15, -0.1) is 0 Å². The molecule has 3 atom stereocenters. The van der Waals surface area contributed by atoms with Crippen LogP contribution in [0.1, 0.15) is 32.5 Å². The first-order chi connectivity index (χ1) is 8.69. The predicted octanol–water partition coefficient (Wildman–Crippen LogP) is 1.73. The lowest BCUT2D eigenvalue weighted by Gasteiger charge is -2.42. The minimum Gasteiger partial charge on any atom is -0.333 e. The molecule has 1 aliphatic rings. The Balaban J connectivity index is 2.22. The van der Waals surface area contributed by atoms with Crippen LogP contribution in [0.2, 0.25) is 0 Å². The largest absolute Gasteiger partial charge is 0.333 e. The average molecular weight is 268 g/mol. The molecule has 5 heteroatoms. The minimum atomic E-state index is 0.297. The lowest BCUT2D eigenvalue weighted by atomic mass is 10.1. The first-order valence-electron chi connectivity index (χ1n) is 6.76. The van der Waals surface area contributed by atoms with Crippen molar-refractivity contribution in [2.24, 2.45) is 5.73 Å². The van der Waals surface area contributed by atoms with Gasteiger partial charge in [0.25, 0.3) is 0 Å². The van der Waals surface area contributed by atoms with Crippen molar-refractivity contribution >= 4 is 11.8 Å². The van der Waals surface area contributed by atoms with Gasteiger partial charge in [-0.05, 0) is 13.8 Å². The summed E-state index contributed by atoms with van der Waals surface area (Å²) in [6.45, 7) is 9.51. The maximum atomic E-state index is 6.04. The number of hydrogen-bond acceptors (Lipinski definition) is 4. The standard InChI is InChI=1S/C13H24N4S/c1-4-16-9-15-8-13(16)12(7-14)17-5-6-18-11(3)10(17)2/h8-12H,4-7,14H2,1-3H3. The maximum Gasteiger partial charge on any atom is 0.0948 e. The van der Waals surface area contributed by atoms with Crippen molar-refractivity contribution in [1.82, 2.24) is 14.5 Å². The average Bonchev–Trinajstić information content (AvgIpc) is 2.83. The molecule has 0 radical (unpaired) electrons. The van der Waals surface area contributed by atoms with Gasteiger partial charge >= 0.3 is 0 Å². The quantitative estimate of drug-likeness (QED) is 0.903. The maximum absolute atomic E-state index is 6.04. The first kappa shape index (κ1) is 13.9. The summed E-state index contributed by atoms with van der Waals surface area (Å²) in [4.78, 5) is 6.82. The van der Waals surface area contributed by atoms with E-state index in [2.05, 4.69) is 47.0 Å². The fraction of sp³-hybridized carbons (Fsp3) is 0.769. The number of nitrogens with two attached hydrogens (primary N) is 1. The first-order valence-corrected chi connectivity index (χ1v) is 7.81. The summed E-state index contributed by atoms with van der Waals surface area (Å²) in [5, 5.41) is 0.672. The third-order valence-electron chi connectivity index (χ3n) is 3.98. The molecule has 1 aliphatic heterocycles. The molecule has 1 saturated heterocycles. The zero-order chi connectivity index (χ0) is 13.1. The Morgan fingerprint density at radius 2 is 2.33 bits per heavy atom. The number of nitrogens with zero attached hydrogens (tertiary/aromatic N) is 3. The van der Waals surface area contributed by atoms with Crippen LogP contribution in [0.25, 0.3) is 0 Å². The highest BCUT2D eigenvalue weighted by Gasteiger charge is 2.32. The Hall–Kier alpha value is -0.520. The van der Waals surface area contributed by atoms with Gasteiger partial charge in [0.05, 0.1) is 18.1 Å². The van der Waals surface area contributed by atoms with Crippen LogP contribution >= 0.6 is 11.8 Å². The molecule has 3 unspecified atom stereocenters. The SMILES string of the molecule is CCn1cncc1C(CN)N1CCSC(C)C1C. The predicted molar refractivity (Wildman–Crippen MR) is 77.8 cm³/mol. The topological polar surface area (TPSA) is 47.1 Å². The van der Waals surface area contributed by atoms with Crippen LogP contribution in [-0.2, 0) is 6.54 Å². The van der Waals surface area contributed by atoms with Gasteiger partial charge in [0, 0.05) is 42.9 Å². The molecular formula is C13H24N4S. The monoisotopic (exact) mass is 268 g/mol. The van der Waals surface area contributed by atoms with Crippen LogP contribution in [0, 0.1) is 0 Å². The minimum absolute atomic E-state index is 0.297. The molecule has 0 aliphatic carbocycles. The van der Waals surface area contributed by atoms with Crippen molar-refractivity contribution in [2.75, 3.05) is 18.8 Å². The highest BCUT2D eigenvalue weighted by molar-refractivity contribution is 8.00. The van der Waals surface area contributed by atoms with Crippen LogP contribution in [0.4, 0.5) is 0 Å². The zero-order valence-electron chi connectivity index (χ0n) is 11.5. The van der Waals surface area contributed by atoms with E-state index in [9.17, 15) is 0 Å². The molecule has 1 aromatic heterocycles. The lowest BCUT2D eigenvalue weighted by Crippen LogP contribution is -2.48. The van der Waals surface area contributed by atoms with E-state index < -0.39 is 0 Å². The van der Waals surface area contributed by atoms with Crippen molar-refractivity contribution in [2.45, 2.75) is 44.6 Å². The molecule has 1 aromatic rings. The molecule has 1 fully saturated rings. The van der Waals surface area contributed by atoms with Gasteiger partial charge in [0.15, 0.2) is 0 Å². The number of rotatable bonds is 4. The Morgan fingerprint density at radius 3 is 3.00 bits per heavy atom. The Labute approximate surface area is 114 Å². The summed E-state index contributed by atoms with van der Waals surface area (Å²) in [5.41, 5.74) is 7.29. The fourth-order valence-electron chi connectivity index (χ4n) is 2.69. The van der Waals surface area contributed by atoms with E-state index in [1.165, 1.54) is 11.4 Å². The summed E-state index contributed by atoms with van der Waals surface area (Å²) in [5.74, 6) is 1.20. The van der Waals surface area contributed by atoms with Gasteiger partial charge in [-0.2, -0.15) is 11.8 Å². The second kappa shape index (κ2) is 6.08. The molecule has 0 spiro atoms. The molecule has 0 aromatic carbocycles. The molecule has 18 heavy (non-hydrogen) atoms. The Kier molecular flexibility index (Phi) is 4.70. The third-order valence-corrected chi connectivity index (χ3v) is 5.32. The molecular weight excluding hydrogens is 244 g/mol. The van der Waals surface area contributed by atoms with Gasteiger partial charge in [-0.25, -0.2) is 4.98 Å². The van der Waals surface area contributed by atoms with Gasteiger partial charge in [-0.1, -0.05) is 6.92 Å². The normalized spacial score (nSPS) is 27.3. The number of thioether (sulfide) groups is 1. The van der Waals surface area contributed by atoms with Crippen molar-refractivity contribution < 1.29 is 0 Å². The van der Waals surface area contributed by atoms with Crippen molar-refractivity contribution in [3.63, 3.8) is 0 Å². The summed E-state index contributed by atoms with van der Waals surface area (Å²) >= 11 is 2.06. The van der Waals surface area contributed by atoms with Crippen LogP contribution in [-0.4, -0.2) is 44.6 Å². The molecule has 2 heterocycles. The summed E-state index contributed by atoms with van der Waals surface area (Å²) in [6.07, 6.45) is 3.88. The van der Waals surface area contributed by atoms with E-state index in [-0.39, 0.29) is 0 Å². The van der Waals surface area contributed by atoms with E-state index in [4.69, 9.17) is 5.73 Å². The number of hydrogen-bond donors (Lipinski definition) is 1. The third kappa shape index (κ3) is 2.58. The van der Waals surface area contributed by atoms with Crippen molar-refractivity contribution in [3.8, 4) is 0 Å². The molecule has 0 amide bonds. The molecule has 4 nitrogen and oxygen atoms in total. The van der Waals surface area contributed by atoms with E-state index in [1.54, 1.807) is 0 Å². The van der Waals surface area contributed by atoms with Crippen molar-refractivity contribution in [3.05, 3.63) is 18.2 Å². The second-order valence-corrected chi connectivity index (χ2v) is 6.40. The molecule has 0 bridgehead atoms. The molecule has 0 saturated carbocycles. The van der Waals surface area contributed by atoms with Gasteiger partial charge in [0.1, 0.15) is 0 Å². The van der Waals surface area contributed by atoms with Crippen LogP contribution < -0.4 is 5.73 Å². The Morgan fingerprint density at radius 1 is 1.56 bits per heavy atom. The van der Waals surface area contributed by atoms with E-state index in [0.717, 1.165) is 13.1 Å². The van der Waals surface area contributed by atoms with E-state index in [1.807, 2.05) is 12.5 Å². The summed E-state index contributed by atoms with van der Waals surface area (Å²) in [7, 11) is 0. The fourth-order valence-corrected chi connectivity index (χ4v) is 3.82. The number of imidazole rings is 1. The second-order valence-electron chi connectivity index (χ2n) is 4.91. The van der Waals surface area contributed by atoms with Crippen LogP contribution in [0.15, 0.2) is 12.5 Å². The Bertz CT molecular complexity index is 379. The smallest absolute Gasteiger partial charge is 0.0948 e. The van der Waals surface area contributed by atoms with Gasteiger partial charge < -0.3 is 10.3 Å². The number of aromatic nitrogens is 2. The van der Waals surface area contributed by atoms with E-state index in [0.29, 0.717) is 23.9 Å². The van der Waals surface area contributed by atoms with E-state index >= 15 is 0 Å². The van der Waals surface area contributed by atoms with Crippen LogP contribution in [0.3, 0.4) is 0 Å². The molecule has 2 rings (SSSR count). The summed E-state index contributed by atoms with van der Waals surface area (Å²) in [6, 6.07) is 0.864. The van der Waals surface area contributed by atoms with Crippen LogP contribution in [0.5, 0.6) is 0 Å². The molecule has 2 N–H and O–H groups in total. The van der Waals surface area contributed by atoms with Crippen molar-refractivity contribution in [1.29, 1.82) is 0 Å². The van der Waals surface area contributed by atoms with Gasteiger partial charge in [-0.3, -0.25) is 4.90 Å². The molecule has 102 valence electrons. The highest BCUT2D eigenvalue weighted by atomic mass is 32.2. The zero-order valence-corrected chi connectivity index (χ0v) is 12.4. The number of aryl methyl sites for hydroxylation is 1. The van der Waals surface area contributed by atoms with Gasteiger partial charge in [0.2, 0.25) is 0 Å². The lowest BCUT2D eigenvalue weighted by molar-refractivity contribution is 0.145.